The molecule has 2 N–H and O–H groups in total. The number of thiazole rings is 1. The molecular formula is C14H24N2S. The van der Waals surface area contributed by atoms with Gasteiger partial charge in [-0.2, -0.15) is 0 Å². The maximum absolute atomic E-state index is 6.56. The molecule has 0 atom stereocenters. The van der Waals surface area contributed by atoms with Gasteiger partial charge in [-0.1, -0.05) is 27.2 Å². The summed E-state index contributed by atoms with van der Waals surface area (Å²) in [6.07, 6.45) is 6.05. The zero-order valence-corrected chi connectivity index (χ0v) is 12.0. The highest BCUT2D eigenvalue weighted by atomic mass is 32.1. The van der Waals surface area contributed by atoms with E-state index in [9.17, 15) is 0 Å². The maximum Gasteiger partial charge on any atom is 0.113 e. The van der Waals surface area contributed by atoms with Gasteiger partial charge in [-0.3, -0.25) is 0 Å². The Balaban J connectivity index is 2.10. The molecule has 96 valence electrons. The van der Waals surface area contributed by atoms with E-state index in [0.29, 0.717) is 5.92 Å². The molecule has 2 rings (SSSR count). The smallest absolute Gasteiger partial charge is 0.113 e. The number of aromatic nitrogens is 1. The van der Waals surface area contributed by atoms with Gasteiger partial charge in [-0.25, -0.2) is 4.98 Å². The van der Waals surface area contributed by atoms with Crippen LogP contribution < -0.4 is 5.73 Å². The van der Waals surface area contributed by atoms with Gasteiger partial charge < -0.3 is 5.73 Å². The molecule has 0 bridgehead atoms. The standard InChI is InChI=1S/C14H24N2S/c1-4-11-5-7-14(15,8-6-11)13-16-12(9-17-13)10(2)3/h9-11H,4-8,15H2,1-3H3. The third-order valence-electron chi connectivity index (χ3n) is 4.11. The number of nitrogens with zero attached hydrogens (tertiary/aromatic N) is 1. The van der Waals surface area contributed by atoms with Crippen LogP contribution in [0.4, 0.5) is 0 Å². The highest BCUT2D eigenvalue weighted by Crippen LogP contribution is 2.40. The second kappa shape index (κ2) is 5.07. The van der Waals surface area contributed by atoms with Gasteiger partial charge in [0.05, 0.1) is 11.2 Å². The topological polar surface area (TPSA) is 38.9 Å². The van der Waals surface area contributed by atoms with E-state index >= 15 is 0 Å². The van der Waals surface area contributed by atoms with E-state index in [1.54, 1.807) is 11.3 Å². The summed E-state index contributed by atoms with van der Waals surface area (Å²) in [5.41, 5.74) is 7.62. The van der Waals surface area contributed by atoms with Crippen molar-refractivity contribution >= 4 is 11.3 Å². The molecule has 2 nitrogen and oxygen atoms in total. The number of rotatable bonds is 3. The van der Waals surface area contributed by atoms with Gasteiger partial charge in [0.25, 0.3) is 0 Å². The summed E-state index contributed by atoms with van der Waals surface area (Å²) in [4.78, 5) is 4.75. The largest absolute Gasteiger partial charge is 0.319 e. The van der Waals surface area contributed by atoms with Gasteiger partial charge in [-0.05, 0) is 37.5 Å². The first-order valence-corrected chi connectivity index (χ1v) is 7.68. The minimum absolute atomic E-state index is 0.135. The molecule has 1 aliphatic carbocycles. The summed E-state index contributed by atoms with van der Waals surface area (Å²) in [6.45, 7) is 6.67. The van der Waals surface area contributed by atoms with Crippen molar-refractivity contribution < 1.29 is 0 Å². The Morgan fingerprint density at radius 2 is 2.12 bits per heavy atom. The maximum atomic E-state index is 6.56. The highest BCUT2D eigenvalue weighted by Gasteiger charge is 2.35. The summed E-state index contributed by atoms with van der Waals surface area (Å²) in [5.74, 6) is 1.40. The summed E-state index contributed by atoms with van der Waals surface area (Å²) < 4.78 is 0. The Hall–Kier alpha value is -0.410. The Labute approximate surface area is 109 Å². The fourth-order valence-electron chi connectivity index (χ4n) is 2.59. The lowest BCUT2D eigenvalue weighted by atomic mass is 9.76. The molecule has 0 aromatic carbocycles. The molecule has 1 saturated carbocycles. The van der Waals surface area contributed by atoms with Crippen LogP contribution >= 0.6 is 11.3 Å². The van der Waals surface area contributed by atoms with Crippen LogP contribution in [0.2, 0.25) is 0 Å². The molecular weight excluding hydrogens is 228 g/mol. The van der Waals surface area contributed by atoms with Crippen LogP contribution in [-0.4, -0.2) is 4.98 Å². The fraction of sp³-hybridized carbons (Fsp3) is 0.786. The minimum atomic E-state index is -0.135. The first kappa shape index (κ1) is 13.0. The van der Waals surface area contributed by atoms with Gasteiger partial charge in [0, 0.05) is 5.38 Å². The molecule has 17 heavy (non-hydrogen) atoms. The lowest BCUT2D eigenvalue weighted by Crippen LogP contribution is -2.40. The van der Waals surface area contributed by atoms with Crippen molar-refractivity contribution in [2.24, 2.45) is 11.7 Å². The van der Waals surface area contributed by atoms with Crippen LogP contribution in [0.25, 0.3) is 0 Å². The second-order valence-electron chi connectivity index (χ2n) is 5.74. The Morgan fingerprint density at radius 1 is 1.47 bits per heavy atom. The SMILES string of the molecule is CCC1CCC(N)(c2nc(C(C)C)cs2)CC1. The average Bonchev–Trinajstić information content (AvgIpc) is 2.80. The van der Waals surface area contributed by atoms with Gasteiger partial charge >= 0.3 is 0 Å². The zero-order chi connectivity index (χ0) is 12.5. The summed E-state index contributed by atoms with van der Waals surface area (Å²) in [5, 5.41) is 3.34. The van der Waals surface area contributed by atoms with E-state index in [4.69, 9.17) is 10.7 Å². The normalized spacial score (nSPS) is 29.8. The van der Waals surface area contributed by atoms with Crippen LogP contribution in [0.15, 0.2) is 5.38 Å². The van der Waals surface area contributed by atoms with Crippen LogP contribution in [0.5, 0.6) is 0 Å². The van der Waals surface area contributed by atoms with E-state index in [0.717, 1.165) is 23.8 Å². The van der Waals surface area contributed by atoms with E-state index in [2.05, 4.69) is 26.2 Å². The van der Waals surface area contributed by atoms with Crippen LogP contribution in [0.1, 0.15) is 69.5 Å². The molecule has 0 unspecified atom stereocenters. The highest BCUT2D eigenvalue weighted by molar-refractivity contribution is 7.09. The predicted octanol–water partition coefficient (Wildman–Crippen LogP) is 4.02. The summed E-state index contributed by atoms with van der Waals surface area (Å²) in [7, 11) is 0. The van der Waals surface area contributed by atoms with E-state index in [1.807, 2.05) is 0 Å². The molecule has 0 aliphatic heterocycles. The van der Waals surface area contributed by atoms with Gasteiger partial charge in [0.2, 0.25) is 0 Å². The van der Waals surface area contributed by atoms with Crippen molar-refractivity contribution in [1.29, 1.82) is 0 Å². The molecule has 1 aromatic heterocycles. The van der Waals surface area contributed by atoms with Gasteiger partial charge in [0.1, 0.15) is 5.01 Å². The lowest BCUT2D eigenvalue weighted by Gasteiger charge is -2.35. The summed E-state index contributed by atoms with van der Waals surface area (Å²) >= 11 is 1.76. The Kier molecular flexibility index (Phi) is 3.88. The molecule has 0 amide bonds. The molecule has 0 spiro atoms. The minimum Gasteiger partial charge on any atom is -0.319 e. The third-order valence-corrected chi connectivity index (χ3v) is 5.19. The van der Waals surface area contributed by atoms with Crippen molar-refractivity contribution in [3.8, 4) is 0 Å². The van der Waals surface area contributed by atoms with E-state index in [-0.39, 0.29) is 5.54 Å². The molecule has 3 heteroatoms. The molecule has 1 aromatic rings. The van der Waals surface area contributed by atoms with Crippen molar-refractivity contribution in [1.82, 2.24) is 4.98 Å². The van der Waals surface area contributed by atoms with Crippen molar-refractivity contribution in [3.63, 3.8) is 0 Å². The predicted molar refractivity (Wildman–Crippen MR) is 74.3 cm³/mol. The van der Waals surface area contributed by atoms with Crippen LogP contribution in [0.3, 0.4) is 0 Å². The third kappa shape index (κ3) is 2.71. The number of nitrogens with two attached hydrogens (primary N) is 1. The Morgan fingerprint density at radius 3 is 2.59 bits per heavy atom. The van der Waals surface area contributed by atoms with Gasteiger partial charge in [-0.15, -0.1) is 11.3 Å². The molecule has 0 saturated heterocycles. The fourth-order valence-corrected chi connectivity index (χ4v) is 3.75. The monoisotopic (exact) mass is 252 g/mol. The second-order valence-corrected chi connectivity index (χ2v) is 6.60. The zero-order valence-electron chi connectivity index (χ0n) is 11.2. The van der Waals surface area contributed by atoms with Crippen molar-refractivity contribution in [2.45, 2.75) is 64.3 Å². The lowest BCUT2D eigenvalue weighted by molar-refractivity contribution is 0.231. The molecule has 1 heterocycles. The summed E-state index contributed by atoms with van der Waals surface area (Å²) in [6, 6.07) is 0. The van der Waals surface area contributed by atoms with Crippen LogP contribution in [0, 0.1) is 5.92 Å². The quantitative estimate of drug-likeness (QED) is 0.882. The number of hydrogen-bond donors (Lipinski definition) is 1. The average molecular weight is 252 g/mol. The van der Waals surface area contributed by atoms with E-state index in [1.165, 1.54) is 25.0 Å². The Bertz CT molecular complexity index is 362. The molecule has 0 radical (unpaired) electrons. The van der Waals surface area contributed by atoms with E-state index < -0.39 is 0 Å². The van der Waals surface area contributed by atoms with Crippen molar-refractivity contribution in [2.75, 3.05) is 0 Å². The number of hydrogen-bond acceptors (Lipinski definition) is 3. The first-order chi connectivity index (χ1) is 8.05. The first-order valence-electron chi connectivity index (χ1n) is 6.80. The van der Waals surface area contributed by atoms with Gasteiger partial charge in [0.15, 0.2) is 0 Å². The molecule has 1 fully saturated rings. The van der Waals surface area contributed by atoms with Crippen molar-refractivity contribution in [3.05, 3.63) is 16.1 Å². The molecule has 1 aliphatic rings. The van der Waals surface area contributed by atoms with Crippen LogP contribution in [-0.2, 0) is 5.54 Å².